The Hall–Kier alpha value is -1.62. The van der Waals surface area contributed by atoms with E-state index in [1.165, 1.54) is 32.1 Å². The normalized spacial score (nSPS) is 17.2. The molecule has 0 atom stereocenters. The number of amides is 2. The second-order valence-corrected chi connectivity index (χ2v) is 7.38. The molecule has 1 N–H and O–H groups in total. The van der Waals surface area contributed by atoms with Crippen LogP contribution >= 0.6 is 11.6 Å². The Kier molecular flexibility index (Phi) is 6.29. The van der Waals surface area contributed by atoms with E-state index in [2.05, 4.69) is 5.32 Å². The number of rotatable bonds is 5. The van der Waals surface area contributed by atoms with Crippen molar-refractivity contribution in [1.29, 1.82) is 0 Å². The van der Waals surface area contributed by atoms with Crippen LogP contribution in [0.15, 0.2) is 12.1 Å². The van der Waals surface area contributed by atoms with Crippen LogP contribution < -0.4 is 14.8 Å². The van der Waals surface area contributed by atoms with Crippen molar-refractivity contribution in [2.45, 2.75) is 38.5 Å². The second kappa shape index (κ2) is 8.65. The highest BCUT2D eigenvalue weighted by atomic mass is 35.5. The molecule has 0 radical (unpaired) electrons. The Morgan fingerprint density at radius 3 is 2.80 bits per heavy atom. The molecule has 1 aromatic rings. The molecule has 1 aliphatic carbocycles. The molecule has 0 bridgehead atoms. The van der Waals surface area contributed by atoms with Gasteiger partial charge in [-0.3, -0.25) is 0 Å². The summed E-state index contributed by atoms with van der Waals surface area (Å²) in [7, 11) is 1.88. The van der Waals surface area contributed by atoms with Crippen molar-refractivity contribution in [2.24, 2.45) is 5.92 Å². The Morgan fingerprint density at radius 1 is 1.24 bits per heavy atom. The smallest absolute Gasteiger partial charge is 0.317 e. The monoisotopic (exact) mass is 366 g/mol. The van der Waals surface area contributed by atoms with Crippen LogP contribution in [0.1, 0.15) is 37.7 Å². The molecule has 5 nitrogen and oxygen atoms in total. The summed E-state index contributed by atoms with van der Waals surface area (Å²) in [5.41, 5.74) is 1.03. The number of hydrogen-bond donors (Lipinski definition) is 1. The number of carbonyl (C=O) groups excluding carboxylic acids is 1. The first-order chi connectivity index (χ1) is 12.1. The Bertz CT molecular complexity index is 603. The van der Waals surface area contributed by atoms with E-state index in [0.29, 0.717) is 48.6 Å². The first-order valence-electron chi connectivity index (χ1n) is 9.20. The van der Waals surface area contributed by atoms with Crippen molar-refractivity contribution in [2.75, 3.05) is 33.4 Å². The summed E-state index contributed by atoms with van der Waals surface area (Å²) in [6.45, 7) is 2.48. The van der Waals surface area contributed by atoms with Gasteiger partial charge >= 0.3 is 6.03 Å². The van der Waals surface area contributed by atoms with E-state index < -0.39 is 0 Å². The van der Waals surface area contributed by atoms with Crippen molar-refractivity contribution in [3.05, 3.63) is 22.7 Å². The highest BCUT2D eigenvalue weighted by molar-refractivity contribution is 6.32. The molecule has 1 heterocycles. The molecule has 0 unspecified atom stereocenters. The molecule has 1 aliphatic heterocycles. The molecule has 0 spiro atoms. The molecule has 1 saturated carbocycles. The molecule has 6 heteroatoms. The largest absolute Gasteiger partial charge is 0.486 e. The fourth-order valence-corrected chi connectivity index (χ4v) is 3.89. The van der Waals surface area contributed by atoms with E-state index in [9.17, 15) is 4.79 Å². The lowest BCUT2D eigenvalue weighted by molar-refractivity contribution is 0.171. The molecular formula is C19H27ClN2O3. The molecule has 25 heavy (non-hydrogen) atoms. The van der Waals surface area contributed by atoms with Gasteiger partial charge in [-0.2, -0.15) is 0 Å². The Balaban J connectivity index is 1.45. The van der Waals surface area contributed by atoms with Gasteiger partial charge in [0.2, 0.25) is 0 Å². The number of fused-ring (bicyclic) bond motifs is 1. The minimum atomic E-state index is -0.00536. The van der Waals surface area contributed by atoms with Gasteiger partial charge in [-0.1, -0.05) is 30.9 Å². The summed E-state index contributed by atoms with van der Waals surface area (Å²) in [5, 5.41) is 3.55. The van der Waals surface area contributed by atoms with E-state index in [-0.39, 0.29) is 6.03 Å². The summed E-state index contributed by atoms with van der Waals surface area (Å²) in [4.78, 5) is 14.1. The lowest BCUT2D eigenvalue weighted by Gasteiger charge is -2.27. The van der Waals surface area contributed by atoms with Gasteiger partial charge in [0.15, 0.2) is 11.5 Å². The lowest BCUT2D eigenvalue weighted by Crippen LogP contribution is -2.41. The third-order valence-corrected chi connectivity index (χ3v) is 5.23. The number of nitrogens with one attached hydrogen (secondary N) is 1. The van der Waals surface area contributed by atoms with Gasteiger partial charge in [-0.15, -0.1) is 0 Å². The maximum absolute atomic E-state index is 12.3. The van der Waals surface area contributed by atoms with Crippen molar-refractivity contribution >= 4 is 17.6 Å². The first-order valence-corrected chi connectivity index (χ1v) is 9.58. The summed E-state index contributed by atoms with van der Waals surface area (Å²) >= 11 is 6.25. The number of urea groups is 1. The average Bonchev–Trinajstić information content (AvgIpc) is 2.62. The molecule has 138 valence electrons. The summed E-state index contributed by atoms with van der Waals surface area (Å²) in [6.07, 6.45) is 7.13. The maximum Gasteiger partial charge on any atom is 0.317 e. The van der Waals surface area contributed by atoms with Crippen LogP contribution in [0.3, 0.4) is 0 Å². The van der Waals surface area contributed by atoms with Gasteiger partial charge in [-0.25, -0.2) is 4.79 Å². The first kappa shape index (κ1) is 18.2. The topological polar surface area (TPSA) is 50.8 Å². The third kappa shape index (κ3) is 4.94. The van der Waals surface area contributed by atoms with Crippen LogP contribution in [-0.4, -0.2) is 44.3 Å². The zero-order valence-corrected chi connectivity index (χ0v) is 15.6. The fraction of sp³-hybridized carbons (Fsp3) is 0.632. The van der Waals surface area contributed by atoms with Gasteiger partial charge in [-0.05, 0) is 42.9 Å². The predicted octanol–water partition coefficient (Wildman–Crippen LogP) is 3.88. The number of carbonyl (C=O) groups is 1. The molecular weight excluding hydrogens is 340 g/mol. The zero-order chi connectivity index (χ0) is 17.6. The third-order valence-electron chi connectivity index (χ3n) is 4.95. The molecule has 1 fully saturated rings. The molecule has 3 rings (SSSR count). The van der Waals surface area contributed by atoms with E-state index in [0.717, 1.165) is 12.1 Å². The van der Waals surface area contributed by atoms with Crippen LogP contribution in [0.5, 0.6) is 11.5 Å². The van der Waals surface area contributed by atoms with E-state index in [1.807, 2.05) is 24.1 Å². The Morgan fingerprint density at radius 2 is 2.00 bits per heavy atom. The van der Waals surface area contributed by atoms with Crippen molar-refractivity contribution < 1.29 is 14.3 Å². The number of ether oxygens (including phenoxy) is 2. The van der Waals surface area contributed by atoms with E-state index in [1.54, 1.807) is 0 Å². The summed E-state index contributed by atoms with van der Waals surface area (Å²) < 4.78 is 11.1. The lowest BCUT2D eigenvalue weighted by atomic mass is 9.89. The van der Waals surface area contributed by atoms with Crippen LogP contribution in [-0.2, 0) is 6.42 Å². The highest BCUT2D eigenvalue weighted by Gasteiger charge is 2.19. The van der Waals surface area contributed by atoms with Crippen molar-refractivity contribution in [1.82, 2.24) is 10.2 Å². The van der Waals surface area contributed by atoms with E-state index >= 15 is 0 Å². The number of hydrogen-bond acceptors (Lipinski definition) is 3. The minimum Gasteiger partial charge on any atom is -0.486 e. The van der Waals surface area contributed by atoms with Crippen molar-refractivity contribution in [3.8, 4) is 11.5 Å². The summed E-state index contributed by atoms with van der Waals surface area (Å²) in [5.74, 6) is 1.96. The maximum atomic E-state index is 12.3. The highest BCUT2D eigenvalue weighted by Crippen LogP contribution is 2.38. The Labute approximate surface area is 154 Å². The number of nitrogens with zero attached hydrogens (tertiary/aromatic N) is 1. The predicted molar refractivity (Wildman–Crippen MR) is 98.7 cm³/mol. The van der Waals surface area contributed by atoms with Crippen LogP contribution in [0.2, 0.25) is 5.02 Å². The van der Waals surface area contributed by atoms with Gasteiger partial charge in [0.25, 0.3) is 0 Å². The second-order valence-electron chi connectivity index (χ2n) is 6.97. The van der Waals surface area contributed by atoms with Gasteiger partial charge in [0.05, 0.1) is 5.02 Å². The standard InChI is InChI=1S/C19H27ClN2O3/c1-22(13-14-5-3-2-4-6-14)19(23)21-8-7-15-11-16(20)18-17(12-15)24-9-10-25-18/h11-12,14H,2-10,13H2,1H3,(H,21,23). The average molecular weight is 367 g/mol. The molecule has 0 saturated heterocycles. The SMILES string of the molecule is CN(CC1CCCCC1)C(=O)NCCc1cc(Cl)c2c(c1)OCCO2. The molecule has 2 aliphatic rings. The van der Waals surface area contributed by atoms with Gasteiger partial charge in [0.1, 0.15) is 13.2 Å². The fourth-order valence-electron chi connectivity index (χ4n) is 3.60. The number of benzene rings is 1. The number of halogens is 1. The zero-order valence-electron chi connectivity index (χ0n) is 14.9. The summed E-state index contributed by atoms with van der Waals surface area (Å²) in [6, 6.07) is 3.82. The van der Waals surface area contributed by atoms with Crippen molar-refractivity contribution in [3.63, 3.8) is 0 Å². The van der Waals surface area contributed by atoms with E-state index in [4.69, 9.17) is 21.1 Å². The molecule has 2 amide bonds. The van der Waals surface area contributed by atoms with Crippen LogP contribution in [0.4, 0.5) is 4.79 Å². The van der Waals surface area contributed by atoms with Gasteiger partial charge < -0.3 is 19.7 Å². The minimum absolute atomic E-state index is 0.00536. The molecule has 0 aromatic heterocycles. The van der Waals surface area contributed by atoms with Crippen LogP contribution in [0, 0.1) is 5.92 Å². The quantitative estimate of drug-likeness (QED) is 0.860. The molecule has 1 aromatic carbocycles. The van der Waals surface area contributed by atoms with Gasteiger partial charge in [0, 0.05) is 20.1 Å². The van der Waals surface area contributed by atoms with Crippen LogP contribution in [0.25, 0.3) is 0 Å².